The minimum absolute atomic E-state index is 0.133. The number of Topliss-reactive ketones (excluding diaryl/α,β-unsaturated/α-hetero) is 1. The van der Waals surface area contributed by atoms with E-state index in [1.165, 1.54) is 26.4 Å². The highest BCUT2D eigenvalue weighted by molar-refractivity contribution is 6.34. The lowest BCUT2D eigenvalue weighted by Crippen LogP contribution is -2.51. The van der Waals surface area contributed by atoms with Crippen molar-refractivity contribution in [1.82, 2.24) is 0 Å². The van der Waals surface area contributed by atoms with Gasteiger partial charge in [-0.15, -0.1) is 0 Å². The molecule has 2 unspecified atom stereocenters. The molecule has 2 atom stereocenters. The number of fused-ring (bicyclic) bond motifs is 1. The van der Waals surface area contributed by atoms with Gasteiger partial charge in [0.15, 0.2) is 17.3 Å². The monoisotopic (exact) mass is 352 g/mol. The van der Waals surface area contributed by atoms with E-state index in [1.807, 2.05) is 0 Å². The minimum atomic E-state index is -1.45. The molecule has 7 heteroatoms. The molecule has 0 aromatic heterocycles. The van der Waals surface area contributed by atoms with Gasteiger partial charge in [-0.1, -0.05) is 18.5 Å². The topological polar surface area (TPSA) is 82.1 Å². The highest BCUT2D eigenvalue weighted by atomic mass is 35.5. The Labute approximate surface area is 144 Å². The maximum Gasteiger partial charge on any atom is 0.231 e. The van der Waals surface area contributed by atoms with Gasteiger partial charge >= 0.3 is 0 Å². The van der Waals surface area contributed by atoms with E-state index in [2.05, 4.69) is 0 Å². The Balaban J connectivity index is 2.26. The Morgan fingerprint density at radius 3 is 2.67 bits per heavy atom. The standard InChI is InChI=1S/C17H17ClO6/c1-8-4-10(20)6-12(23-3)17(8)16(21)13-11(22-2)5-9(7-19)14(18)15(13)24-17/h5-6,8,19H,4,7H2,1-3H3. The fourth-order valence-electron chi connectivity index (χ4n) is 3.34. The number of hydrogen-bond acceptors (Lipinski definition) is 6. The lowest BCUT2D eigenvalue weighted by atomic mass is 9.75. The molecule has 1 aromatic carbocycles. The van der Waals surface area contributed by atoms with Crippen LogP contribution in [0.25, 0.3) is 0 Å². The second-order valence-corrected chi connectivity index (χ2v) is 6.24. The summed E-state index contributed by atoms with van der Waals surface area (Å²) in [5.41, 5.74) is -0.862. The molecule has 0 saturated heterocycles. The van der Waals surface area contributed by atoms with Crippen molar-refractivity contribution in [3.05, 3.63) is 34.1 Å². The van der Waals surface area contributed by atoms with Crippen LogP contribution in [0.4, 0.5) is 0 Å². The molecule has 1 aliphatic carbocycles. The molecule has 1 aromatic rings. The first-order valence-corrected chi connectivity index (χ1v) is 7.81. The van der Waals surface area contributed by atoms with Crippen LogP contribution in [0, 0.1) is 5.92 Å². The third-order valence-electron chi connectivity index (χ3n) is 4.56. The van der Waals surface area contributed by atoms with E-state index < -0.39 is 11.5 Å². The molecular formula is C17H17ClO6. The number of methoxy groups -OCH3 is 2. The van der Waals surface area contributed by atoms with Crippen LogP contribution < -0.4 is 9.47 Å². The van der Waals surface area contributed by atoms with Gasteiger partial charge in [-0.2, -0.15) is 0 Å². The first-order valence-electron chi connectivity index (χ1n) is 7.43. The van der Waals surface area contributed by atoms with E-state index >= 15 is 0 Å². The van der Waals surface area contributed by atoms with E-state index in [9.17, 15) is 14.7 Å². The van der Waals surface area contributed by atoms with Crippen LogP contribution in [0.2, 0.25) is 5.02 Å². The molecule has 24 heavy (non-hydrogen) atoms. The number of hydrogen-bond donors (Lipinski definition) is 1. The normalized spacial score (nSPS) is 25.4. The predicted octanol–water partition coefficient (Wildman–Crippen LogP) is 2.29. The zero-order chi connectivity index (χ0) is 17.6. The van der Waals surface area contributed by atoms with Gasteiger partial charge in [-0.25, -0.2) is 0 Å². The van der Waals surface area contributed by atoms with Gasteiger partial charge in [-0.3, -0.25) is 9.59 Å². The van der Waals surface area contributed by atoms with Gasteiger partial charge in [0.2, 0.25) is 11.4 Å². The van der Waals surface area contributed by atoms with E-state index in [0.717, 1.165) is 0 Å². The zero-order valence-corrected chi connectivity index (χ0v) is 14.3. The second-order valence-electron chi connectivity index (χ2n) is 5.87. The first kappa shape index (κ1) is 16.8. The molecule has 128 valence electrons. The van der Waals surface area contributed by atoms with Crippen molar-refractivity contribution in [3.63, 3.8) is 0 Å². The Morgan fingerprint density at radius 1 is 1.38 bits per heavy atom. The van der Waals surface area contributed by atoms with Gasteiger partial charge in [-0.05, 0) is 6.07 Å². The number of aliphatic hydroxyl groups excluding tert-OH is 1. The van der Waals surface area contributed by atoms with E-state index in [1.54, 1.807) is 6.92 Å². The largest absolute Gasteiger partial charge is 0.496 e. The lowest BCUT2D eigenvalue weighted by molar-refractivity contribution is -0.118. The molecule has 1 heterocycles. The summed E-state index contributed by atoms with van der Waals surface area (Å²) in [6, 6.07) is 1.51. The number of allylic oxidation sites excluding steroid dienone is 1. The fraction of sp³-hybridized carbons (Fsp3) is 0.412. The van der Waals surface area contributed by atoms with Crippen LogP contribution in [0.1, 0.15) is 29.3 Å². The van der Waals surface area contributed by atoms with Crippen LogP contribution >= 0.6 is 11.6 Å². The molecule has 0 amide bonds. The lowest BCUT2D eigenvalue weighted by Gasteiger charge is -2.36. The third-order valence-corrected chi connectivity index (χ3v) is 4.97. The highest BCUT2D eigenvalue weighted by Crippen LogP contribution is 2.52. The molecule has 1 aliphatic heterocycles. The van der Waals surface area contributed by atoms with Crippen molar-refractivity contribution in [2.45, 2.75) is 25.6 Å². The quantitative estimate of drug-likeness (QED) is 0.898. The van der Waals surface area contributed by atoms with Crippen molar-refractivity contribution in [2.75, 3.05) is 14.2 Å². The summed E-state index contributed by atoms with van der Waals surface area (Å²) in [6.07, 6.45) is 1.44. The van der Waals surface area contributed by atoms with Crippen LogP contribution in [0.3, 0.4) is 0 Å². The Morgan fingerprint density at radius 2 is 2.08 bits per heavy atom. The molecule has 6 nitrogen and oxygen atoms in total. The highest BCUT2D eigenvalue weighted by Gasteiger charge is 2.59. The minimum Gasteiger partial charge on any atom is -0.496 e. The van der Waals surface area contributed by atoms with Crippen molar-refractivity contribution in [3.8, 4) is 11.5 Å². The summed E-state index contributed by atoms with van der Waals surface area (Å²) in [7, 11) is 2.81. The Hall–Kier alpha value is -2.05. The molecule has 2 aliphatic rings. The first-order chi connectivity index (χ1) is 11.4. The smallest absolute Gasteiger partial charge is 0.231 e. The summed E-state index contributed by atoms with van der Waals surface area (Å²) in [4.78, 5) is 25.1. The third kappa shape index (κ3) is 2.06. The van der Waals surface area contributed by atoms with Crippen molar-refractivity contribution < 1.29 is 28.9 Å². The van der Waals surface area contributed by atoms with Gasteiger partial charge in [0.25, 0.3) is 0 Å². The summed E-state index contributed by atoms with van der Waals surface area (Å²) in [5.74, 6) is -0.381. The van der Waals surface area contributed by atoms with Crippen molar-refractivity contribution >= 4 is 23.2 Å². The predicted molar refractivity (Wildman–Crippen MR) is 85.5 cm³/mol. The molecule has 0 radical (unpaired) electrons. The Bertz CT molecular complexity index is 769. The fourth-order valence-corrected chi connectivity index (χ4v) is 3.59. The molecule has 1 N–H and O–H groups in total. The number of carbonyl (C=O) groups excluding carboxylic acids is 2. The number of benzene rings is 1. The maximum atomic E-state index is 13.2. The summed E-state index contributed by atoms with van der Waals surface area (Å²) in [5, 5.41) is 9.61. The summed E-state index contributed by atoms with van der Waals surface area (Å²) in [6.45, 7) is 1.43. The summed E-state index contributed by atoms with van der Waals surface area (Å²) >= 11 is 6.30. The number of rotatable bonds is 3. The van der Waals surface area contributed by atoms with Crippen LogP contribution in [0.15, 0.2) is 17.9 Å². The molecule has 0 bridgehead atoms. The Kier molecular flexibility index (Phi) is 4.05. The molecule has 3 rings (SSSR count). The average Bonchev–Trinajstić information content (AvgIpc) is 2.87. The molecule has 0 fully saturated rings. The number of carbonyl (C=O) groups is 2. The number of halogens is 1. The van der Waals surface area contributed by atoms with Gasteiger partial charge < -0.3 is 19.3 Å². The summed E-state index contributed by atoms with van der Waals surface area (Å²) < 4.78 is 16.6. The van der Waals surface area contributed by atoms with Crippen LogP contribution in [0.5, 0.6) is 11.5 Å². The average molecular weight is 353 g/mol. The van der Waals surface area contributed by atoms with E-state index in [-0.39, 0.29) is 52.4 Å². The maximum absolute atomic E-state index is 13.2. The second kappa shape index (κ2) is 5.79. The van der Waals surface area contributed by atoms with Crippen molar-refractivity contribution in [1.29, 1.82) is 0 Å². The molecule has 0 saturated carbocycles. The van der Waals surface area contributed by atoms with E-state index in [0.29, 0.717) is 5.56 Å². The van der Waals surface area contributed by atoms with Gasteiger partial charge in [0.05, 0.1) is 25.8 Å². The number of ether oxygens (including phenoxy) is 3. The van der Waals surface area contributed by atoms with Gasteiger partial charge in [0, 0.05) is 24.0 Å². The van der Waals surface area contributed by atoms with Crippen LogP contribution in [-0.2, 0) is 16.1 Å². The van der Waals surface area contributed by atoms with E-state index in [4.69, 9.17) is 25.8 Å². The molecular weight excluding hydrogens is 336 g/mol. The van der Waals surface area contributed by atoms with Gasteiger partial charge in [0.1, 0.15) is 11.3 Å². The zero-order valence-electron chi connectivity index (χ0n) is 13.5. The number of aliphatic hydroxyl groups is 1. The SMILES string of the molecule is COC1=CC(=O)CC(C)C12Oc1c(Cl)c(CO)cc(OC)c1C2=O. The number of ketones is 2. The van der Waals surface area contributed by atoms with Crippen molar-refractivity contribution in [2.24, 2.45) is 5.92 Å². The molecule has 1 spiro atoms. The van der Waals surface area contributed by atoms with Crippen LogP contribution in [-0.4, -0.2) is 36.5 Å².